The van der Waals surface area contributed by atoms with Crippen LogP contribution in [-0.2, 0) is 17.8 Å². The molecule has 1 aromatic carbocycles. The molecule has 0 spiro atoms. The monoisotopic (exact) mass is 505 g/mol. The predicted octanol–water partition coefficient (Wildman–Crippen LogP) is 2.54. The second-order valence-electron chi connectivity index (χ2n) is 5.75. The van der Waals surface area contributed by atoms with Crippen LogP contribution in [0.3, 0.4) is 0 Å². The maximum absolute atomic E-state index is 12.8. The Morgan fingerprint density at radius 1 is 1.15 bits per heavy atom. The number of hydrogen-bond acceptors (Lipinski definition) is 4. The Labute approximate surface area is 180 Å². The number of rotatable bonds is 7. The third kappa shape index (κ3) is 8.21. The highest BCUT2D eigenvalue weighted by Crippen LogP contribution is 2.15. The highest BCUT2D eigenvalue weighted by molar-refractivity contribution is 14.0. The van der Waals surface area contributed by atoms with Gasteiger partial charge < -0.3 is 16.0 Å². The molecule has 2 aromatic rings. The van der Waals surface area contributed by atoms with Gasteiger partial charge in [-0.2, -0.15) is 0 Å². The van der Waals surface area contributed by atoms with Crippen LogP contribution >= 0.6 is 35.3 Å². The van der Waals surface area contributed by atoms with Gasteiger partial charge in [-0.15, -0.1) is 35.3 Å². The Bertz CT molecular complexity index is 744. The van der Waals surface area contributed by atoms with E-state index >= 15 is 0 Å². The van der Waals surface area contributed by atoms with Crippen molar-refractivity contribution in [2.45, 2.75) is 26.8 Å². The van der Waals surface area contributed by atoms with E-state index in [9.17, 15) is 9.18 Å². The number of thiazole rings is 1. The number of aryl methyl sites for hydroxylation is 2. The fourth-order valence-corrected chi connectivity index (χ4v) is 3.10. The predicted molar refractivity (Wildman–Crippen MR) is 118 cm³/mol. The number of carbonyl (C=O) groups excluding carboxylic acids is 1. The van der Waals surface area contributed by atoms with Gasteiger partial charge >= 0.3 is 0 Å². The second-order valence-corrected chi connectivity index (χ2v) is 7.04. The molecule has 0 aliphatic carbocycles. The van der Waals surface area contributed by atoms with Crippen molar-refractivity contribution < 1.29 is 9.18 Å². The Morgan fingerprint density at radius 3 is 2.41 bits per heavy atom. The zero-order valence-electron chi connectivity index (χ0n) is 15.6. The van der Waals surface area contributed by atoms with Gasteiger partial charge in [-0.05, 0) is 31.5 Å². The van der Waals surface area contributed by atoms with Gasteiger partial charge in [0.05, 0.1) is 18.7 Å². The minimum absolute atomic E-state index is 0. The first-order chi connectivity index (χ1) is 12.5. The van der Waals surface area contributed by atoms with Gasteiger partial charge in [0.1, 0.15) is 10.8 Å². The molecule has 1 amide bonds. The number of nitrogens with one attached hydrogen (secondary N) is 3. The maximum Gasteiger partial charge on any atom is 0.224 e. The van der Waals surface area contributed by atoms with E-state index in [1.807, 2.05) is 6.92 Å². The van der Waals surface area contributed by atoms with E-state index in [0.29, 0.717) is 25.6 Å². The zero-order valence-corrected chi connectivity index (χ0v) is 18.8. The molecule has 0 aliphatic heterocycles. The topological polar surface area (TPSA) is 78.4 Å². The van der Waals surface area contributed by atoms with Crippen LogP contribution in [-0.4, -0.2) is 37.0 Å². The molecule has 0 bridgehead atoms. The third-order valence-corrected chi connectivity index (χ3v) is 4.79. The summed E-state index contributed by atoms with van der Waals surface area (Å²) in [5.41, 5.74) is 1.84. The van der Waals surface area contributed by atoms with Gasteiger partial charge in [0.25, 0.3) is 0 Å². The second kappa shape index (κ2) is 11.9. The van der Waals surface area contributed by atoms with E-state index in [1.54, 1.807) is 30.5 Å². The number of halogens is 2. The molecule has 0 unspecified atom stereocenters. The van der Waals surface area contributed by atoms with Crippen molar-refractivity contribution in [3.8, 4) is 0 Å². The lowest BCUT2D eigenvalue weighted by molar-refractivity contribution is -0.120. The van der Waals surface area contributed by atoms with Gasteiger partial charge in [-0.1, -0.05) is 12.1 Å². The molecule has 0 saturated heterocycles. The Kier molecular flexibility index (Phi) is 10.2. The molecule has 3 N–H and O–H groups in total. The number of hydrogen-bond donors (Lipinski definition) is 3. The molecule has 1 aromatic heterocycles. The number of nitrogens with zero attached hydrogens (tertiary/aromatic N) is 2. The van der Waals surface area contributed by atoms with Gasteiger partial charge in [-0.25, -0.2) is 9.37 Å². The molecule has 9 heteroatoms. The molecule has 0 aliphatic rings. The smallest absolute Gasteiger partial charge is 0.224 e. The fourth-order valence-electron chi connectivity index (χ4n) is 2.23. The van der Waals surface area contributed by atoms with Crippen LogP contribution in [0.2, 0.25) is 0 Å². The van der Waals surface area contributed by atoms with Crippen molar-refractivity contribution in [3.05, 3.63) is 51.2 Å². The Balaban J connectivity index is 0.00000364. The lowest BCUT2D eigenvalue weighted by Gasteiger charge is -2.11. The summed E-state index contributed by atoms with van der Waals surface area (Å²) in [7, 11) is 1.70. The number of benzene rings is 1. The average molecular weight is 505 g/mol. The molecule has 148 valence electrons. The molecule has 6 nitrogen and oxygen atoms in total. The number of aliphatic imine (C=N–C) groups is 1. The van der Waals surface area contributed by atoms with Gasteiger partial charge in [-0.3, -0.25) is 9.79 Å². The van der Waals surface area contributed by atoms with E-state index in [-0.39, 0.29) is 42.1 Å². The molecule has 0 radical (unpaired) electrons. The molecule has 0 atom stereocenters. The van der Waals surface area contributed by atoms with Gasteiger partial charge in [0.2, 0.25) is 5.91 Å². The lowest BCUT2D eigenvalue weighted by atomic mass is 10.1. The number of amides is 1. The van der Waals surface area contributed by atoms with Crippen LogP contribution in [0.25, 0.3) is 0 Å². The van der Waals surface area contributed by atoms with E-state index in [1.165, 1.54) is 17.0 Å². The van der Waals surface area contributed by atoms with Crippen LogP contribution in [0.4, 0.5) is 4.39 Å². The van der Waals surface area contributed by atoms with E-state index in [2.05, 4.69) is 32.9 Å². The van der Waals surface area contributed by atoms with Crippen molar-refractivity contribution >= 4 is 47.2 Å². The summed E-state index contributed by atoms with van der Waals surface area (Å²) in [4.78, 5) is 21.7. The number of guanidine groups is 1. The van der Waals surface area contributed by atoms with Crippen LogP contribution < -0.4 is 16.0 Å². The van der Waals surface area contributed by atoms with Crippen LogP contribution in [0.5, 0.6) is 0 Å². The summed E-state index contributed by atoms with van der Waals surface area (Å²) in [5, 5.41) is 10.2. The van der Waals surface area contributed by atoms with Crippen LogP contribution in [0.1, 0.15) is 21.1 Å². The van der Waals surface area contributed by atoms with E-state index < -0.39 is 0 Å². The lowest BCUT2D eigenvalue weighted by Crippen LogP contribution is -2.41. The van der Waals surface area contributed by atoms with Crippen molar-refractivity contribution in [1.29, 1.82) is 0 Å². The van der Waals surface area contributed by atoms with Crippen molar-refractivity contribution in [1.82, 2.24) is 20.9 Å². The molecule has 1 heterocycles. The first-order valence-corrected chi connectivity index (χ1v) is 9.18. The molecule has 2 rings (SSSR count). The summed E-state index contributed by atoms with van der Waals surface area (Å²) in [6, 6.07) is 5.93. The number of aromatic nitrogens is 1. The van der Waals surface area contributed by atoms with Crippen molar-refractivity contribution in [2.24, 2.45) is 4.99 Å². The van der Waals surface area contributed by atoms with Crippen LogP contribution in [0, 0.1) is 19.7 Å². The van der Waals surface area contributed by atoms with Gasteiger partial charge in [0, 0.05) is 25.0 Å². The number of carbonyl (C=O) groups is 1. The Hall–Kier alpha value is -1.75. The summed E-state index contributed by atoms with van der Waals surface area (Å²) in [6.07, 6.45) is 0.232. The average Bonchev–Trinajstić information content (AvgIpc) is 2.94. The normalized spacial score (nSPS) is 10.9. The van der Waals surface area contributed by atoms with Crippen molar-refractivity contribution in [2.75, 3.05) is 20.1 Å². The quantitative estimate of drug-likeness (QED) is 0.234. The molecule has 27 heavy (non-hydrogen) atoms. The summed E-state index contributed by atoms with van der Waals surface area (Å²) in [5.74, 6) is 0.249. The SMILES string of the molecule is CN=C(NCCNC(=O)Cc1ccc(F)cc1)NCc1nc(C)c(C)s1.I. The first-order valence-electron chi connectivity index (χ1n) is 8.36. The largest absolute Gasteiger partial charge is 0.355 e. The zero-order chi connectivity index (χ0) is 18.9. The van der Waals surface area contributed by atoms with E-state index in [0.717, 1.165) is 16.3 Å². The third-order valence-electron chi connectivity index (χ3n) is 3.72. The first kappa shape index (κ1) is 23.3. The fraction of sp³-hybridized carbons (Fsp3) is 0.389. The molecular weight excluding hydrogens is 480 g/mol. The molecule has 0 saturated carbocycles. The highest BCUT2D eigenvalue weighted by atomic mass is 127. The minimum Gasteiger partial charge on any atom is -0.355 e. The van der Waals surface area contributed by atoms with E-state index in [4.69, 9.17) is 0 Å². The summed E-state index contributed by atoms with van der Waals surface area (Å²) in [6.45, 7) is 5.67. The summed E-state index contributed by atoms with van der Waals surface area (Å²) >= 11 is 1.66. The standard InChI is InChI=1S/C18H24FN5OS.HI/c1-12-13(2)26-17(24-12)11-23-18(20-3)22-9-8-21-16(25)10-14-4-6-15(19)7-5-14;/h4-7H,8-11H2,1-3H3,(H,21,25)(H2,20,22,23);1H. The maximum atomic E-state index is 12.8. The molecular formula is C18H25FIN5OS. The van der Waals surface area contributed by atoms with Gasteiger partial charge in [0.15, 0.2) is 5.96 Å². The van der Waals surface area contributed by atoms with Crippen LogP contribution in [0.15, 0.2) is 29.3 Å². The summed E-state index contributed by atoms with van der Waals surface area (Å²) < 4.78 is 12.8. The van der Waals surface area contributed by atoms with Crippen molar-refractivity contribution in [3.63, 3.8) is 0 Å². The Morgan fingerprint density at radius 2 is 1.81 bits per heavy atom. The minimum atomic E-state index is -0.305. The molecule has 0 fully saturated rings. The highest BCUT2D eigenvalue weighted by Gasteiger charge is 2.06.